The third kappa shape index (κ3) is 7.39. The molecule has 4 heterocycles. The molecule has 1 aromatic heterocycles. The topological polar surface area (TPSA) is 117 Å². The van der Waals surface area contributed by atoms with Crippen molar-refractivity contribution in [3.63, 3.8) is 0 Å². The van der Waals surface area contributed by atoms with Gasteiger partial charge >= 0.3 is 0 Å². The van der Waals surface area contributed by atoms with Crippen LogP contribution in [0.4, 0.5) is 10.2 Å². The first-order valence-corrected chi connectivity index (χ1v) is 16.9. The van der Waals surface area contributed by atoms with Crippen LogP contribution in [0.5, 0.6) is 11.5 Å². The second kappa shape index (κ2) is 13.5. The Morgan fingerprint density at radius 1 is 1.27 bits per heavy atom. The number of hydrogen-bond acceptors (Lipinski definition) is 9. The minimum absolute atomic E-state index is 0.0451. The summed E-state index contributed by atoms with van der Waals surface area (Å²) >= 11 is 0. The number of likely N-dealkylation sites (tertiary alicyclic amines) is 1. The summed E-state index contributed by atoms with van der Waals surface area (Å²) in [4.78, 5) is 28.3. The molecule has 0 unspecified atom stereocenters. The largest absolute Gasteiger partial charge is 0.451 e. The SMILES string of the molecule is C=CS(=O)(=O)N[C@@H]1CC[C@@H](CN2CCC3(CC2)CN(c2ncncc2Oc2ccc(F)cc2C(=O)N(CC)C(C)C)C3)OC1. The van der Waals surface area contributed by atoms with Gasteiger partial charge in [0.25, 0.3) is 5.91 Å². The van der Waals surface area contributed by atoms with Crippen LogP contribution in [0.25, 0.3) is 0 Å². The van der Waals surface area contributed by atoms with Crippen LogP contribution in [0.2, 0.25) is 0 Å². The van der Waals surface area contributed by atoms with Crippen LogP contribution < -0.4 is 14.4 Å². The van der Waals surface area contributed by atoms with E-state index in [9.17, 15) is 17.6 Å². The number of hydrogen-bond donors (Lipinski definition) is 1. The zero-order chi connectivity index (χ0) is 31.5. The number of nitrogens with one attached hydrogen (secondary N) is 1. The average Bonchev–Trinajstić information content (AvgIpc) is 2.99. The van der Waals surface area contributed by atoms with Crippen molar-refractivity contribution in [2.45, 2.75) is 64.6 Å². The van der Waals surface area contributed by atoms with Gasteiger partial charge < -0.3 is 24.2 Å². The van der Waals surface area contributed by atoms with Gasteiger partial charge in [0.15, 0.2) is 11.6 Å². The van der Waals surface area contributed by atoms with Crippen molar-refractivity contribution in [2.24, 2.45) is 5.41 Å². The van der Waals surface area contributed by atoms with E-state index in [1.54, 1.807) is 11.1 Å². The number of halogens is 1. The Hall–Kier alpha value is -3.13. The lowest BCUT2D eigenvalue weighted by molar-refractivity contribution is -0.0298. The summed E-state index contributed by atoms with van der Waals surface area (Å²) in [6.45, 7) is 14.4. The van der Waals surface area contributed by atoms with E-state index in [1.165, 1.54) is 24.5 Å². The lowest BCUT2D eigenvalue weighted by atomic mass is 9.72. The van der Waals surface area contributed by atoms with Crippen molar-refractivity contribution >= 4 is 21.7 Å². The van der Waals surface area contributed by atoms with Crippen LogP contribution in [-0.4, -0.2) is 98.2 Å². The van der Waals surface area contributed by atoms with Gasteiger partial charge in [0, 0.05) is 49.1 Å². The summed E-state index contributed by atoms with van der Waals surface area (Å²) in [7, 11) is -3.46. The molecule has 0 saturated carbocycles. The molecule has 2 aromatic rings. The second-order valence-electron chi connectivity index (χ2n) is 12.4. The number of carbonyl (C=O) groups is 1. The summed E-state index contributed by atoms with van der Waals surface area (Å²) in [6, 6.07) is 3.73. The summed E-state index contributed by atoms with van der Waals surface area (Å²) in [5.41, 5.74) is 0.356. The maximum atomic E-state index is 14.2. The van der Waals surface area contributed by atoms with Crippen molar-refractivity contribution in [1.29, 1.82) is 0 Å². The fraction of sp³-hybridized carbons (Fsp3) is 0.581. The van der Waals surface area contributed by atoms with Gasteiger partial charge in [-0.3, -0.25) is 4.79 Å². The molecule has 1 N–H and O–H groups in total. The molecule has 0 radical (unpaired) electrons. The Kier molecular flexibility index (Phi) is 9.88. The highest BCUT2D eigenvalue weighted by molar-refractivity contribution is 7.92. The van der Waals surface area contributed by atoms with Crippen molar-refractivity contribution in [2.75, 3.05) is 50.8 Å². The number of benzene rings is 1. The van der Waals surface area contributed by atoms with Crippen molar-refractivity contribution in [3.8, 4) is 11.5 Å². The molecule has 3 fully saturated rings. The maximum Gasteiger partial charge on any atom is 0.257 e. The van der Waals surface area contributed by atoms with Crippen LogP contribution in [0.3, 0.4) is 0 Å². The fourth-order valence-corrected chi connectivity index (χ4v) is 7.19. The van der Waals surface area contributed by atoms with Crippen LogP contribution in [0.15, 0.2) is 42.7 Å². The summed E-state index contributed by atoms with van der Waals surface area (Å²) in [5, 5.41) is 0.932. The van der Waals surface area contributed by atoms with Crippen LogP contribution in [-0.2, 0) is 14.8 Å². The van der Waals surface area contributed by atoms with E-state index >= 15 is 0 Å². The second-order valence-corrected chi connectivity index (χ2v) is 14.0. The molecule has 0 bridgehead atoms. The number of aromatic nitrogens is 2. The molecule has 13 heteroatoms. The predicted octanol–water partition coefficient (Wildman–Crippen LogP) is 3.79. The van der Waals surface area contributed by atoms with Gasteiger partial charge in [-0.05, 0) is 77.7 Å². The number of nitrogens with zero attached hydrogens (tertiary/aromatic N) is 5. The third-order valence-electron chi connectivity index (χ3n) is 8.93. The lowest BCUT2D eigenvalue weighted by Gasteiger charge is -2.54. The minimum Gasteiger partial charge on any atom is -0.451 e. The van der Waals surface area contributed by atoms with E-state index in [2.05, 4.69) is 31.1 Å². The van der Waals surface area contributed by atoms with E-state index in [0.717, 1.165) is 63.8 Å². The molecule has 5 rings (SSSR count). The van der Waals surface area contributed by atoms with Crippen LogP contribution in [0, 0.1) is 11.2 Å². The molecule has 44 heavy (non-hydrogen) atoms. The Labute approximate surface area is 259 Å². The fourth-order valence-electron chi connectivity index (χ4n) is 6.45. The standard InChI is InChI=1S/C31H43FN6O5S/c1-5-38(22(3)4)30(39)26-15-23(32)7-10-27(26)43-28-16-33-21-34-29(28)37-19-31(20-37)11-13-36(14-12-31)17-25-9-8-24(18-42-25)35-44(40,41)6-2/h6-7,10,15-16,21-22,24-25,35H,2,5,8-9,11-14,17-20H2,1,3-4H3/t24-,25+/m1/s1. The summed E-state index contributed by atoms with van der Waals surface area (Å²) < 4.78 is 52.5. The Morgan fingerprint density at radius 3 is 2.66 bits per heavy atom. The predicted molar refractivity (Wildman–Crippen MR) is 166 cm³/mol. The van der Waals surface area contributed by atoms with Gasteiger partial charge in [-0.15, -0.1) is 0 Å². The zero-order valence-corrected chi connectivity index (χ0v) is 26.6. The highest BCUT2D eigenvalue weighted by Gasteiger charge is 2.46. The summed E-state index contributed by atoms with van der Waals surface area (Å²) in [5.74, 6) is 0.557. The van der Waals surface area contributed by atoms with Crippen molar-refractivity contribution in [3.05, 3.63) is 54.1 Å². The number of sulfonamides is 1. The first-order chi connectivity index (χ1) is 21.0. The quantitative estimate of drug-likeness (QED) is 0.396. The number of carbonyl (C=O) groups excluding carboxylic acids is 1. The van der Waals surface area contributed by atoms with Gasteiger partial charge in [-0.2, -0.15) is 0 Å². The first-order valence-electron chi connectivity index (χ1n) is 15.3. The molecule has 3 aliphatic heterocycles. The Balaban J connectivity index is 1.16. The number of anilines is 1. The van der Waals surface area contributed by atoms with E-state index in [1.807, 2.05) is 20.8 Å². The lowest BCUT2D eigenvalue weighted by Crippen LogP contribution is -2.61. The Bertz CT molecular complexity index is 1430. The smallest absolute Gasteiger partial charge is 0.257 e. The van der Waals surface area contributed by atoms with Crippen LogP contribution in [0.1, 0.15) is 56.8 Å². The highest BCUT2D eigenvalue weighted by atomic mass is 32.2. The molecule has 0 aliphatic carbocycles. The van der Waals surface area contributed by atoms with Gasteiger partial charge in [0.05, 0.1) is 24.5 Å². The molecule has 11 nitrogen and oxygen atoms in total. The van der Waals surface area contributed by atoms with E-state index in [4.69, 9.17) is 9.47 Å². The van der Waals surface area contributed by atoms with Crippen molar-refractivity contribution in [1.82, 2.24) is 24.5 Å². The monoisotopic (exact) mass is 630 g/mol. The summed E-state index contributed by atoms with van der Waals surface area (Å²) in [6.07, 6.45) is 6.84. The van der Waals surface area contributed by atoms with Gasteiger partial charge in [0.2, 0.25) is 10.0 Å². The van der Waals surface area contributed by atoms with E-state index < -0.39 is 15.8 Å². The highest BCUT2D eigenvalue weighted by Crippen LogP contribution is 2.45. The van der Waals surface area contributed by atoms with Gasteiger partial charge in [0.1, 0.15) is 17.9 Å². The molecular formula is C31H43FN6O5S. The van der Waals surface area contributed by atoms with Gasteiger partial charge in [-0.25, -0.2) is 27.5 Å². The third-order valence-corrected chi connectivity index (χ3v) is 10.0. The number of piperidine rings is 1. The molecule has 1 amide bonds. The van der Waals surface area contributed by atoms with E-state index in [0.29, 0.717) is 24.7 Å². The molecular weight excluding hydrogens is 587 g/mol. The molecule has 240 valence electrons. The van der Waals surface area contributed by atoms with Crippen molar-refractivity contribution < 1.29 is 27.1 Å². The average molecular weight is 631 g/mol. The normalized spacial score (nSPS) is 22.1. The van der Waals surface area contributed by atoms with Crippen LogP contribution >= 0.6 is 0 Å². The Morgan fingerprint density at radius 2 is 2.02 bits per heavy atom. The maximum absolute atomic E-state index is 14.2. The molecule has 3 saturated heterocycles. The molecule has 1 aromatic carbocycles. The number of rotatable bonds is 11. The molecule has 2 atom stereocenters. The number of ether oxygens (including phenoxy) is 2. The molecule has 1 spiro atoms. The minimum atomic E-state index is -3.46. The number of amides is 1. The first kappa shape index (κ1) is 32.3. The van der Waals surface area contributed by atoms with E-state index in [-0.39, 0.29) is 40.8 Å². The zero-order valence-electron chi connectivity index (χ0n) is 25.7. The van der Waals surface area contributed by atoms with Gasteiger partial charge in [-0.1, -0.05) is 6.58 Å². The molecule has 3 aliphatic rings.